The van der Waals surface area contributed by atoms with Gasteiger partial charge >= 0.3 is 0 Å². The molecule has 0 radical (unpaired) electrons. The smallest absolute Gasteiger partial charge is 0.0305 e. The van der Waals surface area contributed by atoms with E-state index in [1.807, 2.05) is 11.3 Å². The normalized spacial score (nSPS) is 30.6. The van der Waals surface area contributed by atoms with Crippen molar-refractivity contribution in [3.05, 3.63) is 21.9 Å². The first kappa shape index (κ1) is 12.1. The van der Waals surface area contributed by atoms with Crippen molar-refractivity contribution in [3.63, 3.8) is 0 Å². The van der Waals surface area contributed by atoms with Crippen LogP contribution in [-0.4, -0.2) is 6.04 Å². The first-order chi connectivity index (χ1) is 7.68. The highest BCUT2D eigenvalue weighted by Crippen LogP contribution is 2.30. The van der Waals surface area contributed by atoms with Crippen LogP contribution in [0.15, 0.2) is 11.4 Å². The van der Waals surface area contributed by atoms with Crippen LogP contribution in [0.5, 0.6) is 0 Å². The minimum Gasteiger partial charge on any atom is -0.309 e. The largest absolute Gasteiger partial charge is 0.309 e. The van der Waals surface area contributed by atoms with Crippen LogP contribution in [0.4, 0.5) is 0 Å². The van der Waals surface area contributed by atoms with E-state index in [2.05, 4.69) is 37.5 Å². The first-order valence-electron chi connectivity index (χ1n) is 6.45. The Kier molecular flexibility index (Phi) is 4.04. The molecule has 1 aliphatic rings. The molecule has 1 aromatic heterocycles. The molecule has 2 rings (SSSR count). The molecule has 3 atom stereocenters. The maximum absolute atomic E-state index is 3.76. The molecule has 0 bridgehead atoms. The minimum atomic E-state index is 0.727. The Hall–Kier alpha value is -0.340. The Morgan fingerprint density at radius 3 is 2.88 bits per heavy atom. The maximum Gasteiger partial charge on any atom is 0.0305 e. The molecule has 0 saturated heterocycles. The fourth-order valence-corrected chi connectivity index (χ4v) is 3.54. The Balaban J connectivity index is 1.88. The lowest BCUT2D eigenvalue weighted by atomic mass is 9.78. The summed E-state index contributed by atoms with van der Waals surface area (Å²) in [6.07, 6.45) is 4.17. The summed E-state index contributed by atoms with van der Waals surface area (Å²) >= 11 is 1.88. The zero-order chi connectivity index (χ0) is 11.5. The van der Waals surface area contributed by atoms with E-state index in [-0.39, 0.29) is 0 Å². The van der Waals surface area contributed by atoms with E-state index in [0.29, 0.717) is 0 Å². The van der Waals surface area contributed by atoms with Gasteiger partial charge in [-0.15, -0.1) is 11.3 Å². The molecule has 0 aromatic carbocycles. The van der Waals surface area contributed by atoms with E-state index >= 15 is 0 Å². The molecule has 0 aliphatic heterocycles. The van der Waals surface area contributed by atoms with Gasteiger partial charge in [-0.1, -0.05) is 26.7 Å². The van der Waals surface area contributed by atoms with E-state index in [1.54, 1.807) is 0 Å². The molecular formula is C14H23NS. The molecule has 2 heteroatoms. The topological polar surface area (TPSA) is 12.0 Å². The average molecular weight is 237 g/mol. The third-order valence-electron chi connectivity index (χ3n) is 4.20. The summed E-state index contributed by atoms with van der Waals surface area (Å²) in [4.78, 5) is 1.51. The van der Waals surface area contributed by atoms with Crippen LogP contribution in [0.2, 0.25) is 0 Å². The van der Waals surface area contributed by atoms with Crippen molar-refractivity contribution in [2.24, 2.45) is 11.8 Å². The van der Waals surface area contributed by atoms with Gasteiger partial charge < -0.3 is 5.32 Å². The van der Waals surface area contributed by atoms with Crippen LogP contribution >= 0.6 is 11.3 Å². The zero-order valence-electron chi connectivity index (χ0n) is 10.6. The summed E-state index contributed by atoms with van der Waals surface area (Å²) in [5.41, 5.74) is 1.44. The highest BCUT2D eigenvalue weighted by Gasteiger charge is 2.26. The van der Waals surface area contributed by atoms with E-state index in [1.165, 1.54) is 29.7 Å². The number of nitrogens with one attached hydrogen (secondary N) is 1. The molecule has 1 aliphatic carbocycles. The van der Waals surface area contributed by atoms with E-state index in [9.17, 15) is 0 Å². The number of thiophene rings is 1. The van der Waals surface area contributed by atoms with E-state index in [0.717, 1.165) is 24.4 Å². The zero-order valence-corrected chi connectivity index (χ0v) is 11.4. The van der Waals surface area contributed by atoms with E-state index in [4.69, 9.17) is 0 Å². The Morgan fingerprint density at radius 1 is 1.38 bits per heavy atom. The quantitative estimate of drug-likeness (QED) is 0.838. The Bertz CT molecular complexity index is 331. The van der Waals surface area contributed by atoms with Crippen molar-refractivity contribution in [3.8, 4) is 0 Å². The molecule has 0 spiro atoms. The van der Waals surface area contributed by atoms with Gasteiger partial charge in [-0.3, -0.25) is 0 Å². The van der Waals surface area contributed by atoms with Crippen LogP contribution in [0, 0.1) is 18.8 Å². The highest BCUT2D eigenvalue weighted by atomic mass is 32.1. The predicted molar refractivity (Wildman–Crippen MR) is 71.9 cm³/mol. The van der Waals surface area contributed by atoms with Crippen LogP contribution in [0.3, 0.4) is 0 Å². The van der Waals surface area contributed by atoms with Crippen LogP contribution in [-0.2, 0) is 6.54 Å². The monoisotopic (exact) mass is 237 g/mol. The number of aryl methyl sites for hydroxylation is 1. The first-order valence-corrected chi connectivity index (χ1v) is 7.33. The minimum absolute atomic E-state index is 0.727. The standard InChI is InChI=1S/C14H23NS/c1-10-5-4-6-13(12(10)3)15-9-14-11(2)7-8-16-14/h7-8,10,12-13,15H,4-6,9H2,1-3H3/t10-,12+,13-/m0/s1. The van der Waals surface area contributed by atoms with Crippen molar-refractivity contribution >= 4 is 11.3 Å². The maximum atomic E-state index is 3.76. The lowest BCUT2D eigenvalue weighted by Gasteiger charge is -2.34. The summed E-state index contributed by atoms with van der Waals surface area (Å²) in [6.45, 7) is 8.07. The molecule has 1 aromatic rings. The predicted octanol–water partition coefficient (Wildman–Crippen LogP) is 3.97. The molecule has 90 valence electrons. The third kappa shape index (κ3) is 2.67. The van der Waals surface area contributed by atoms with Gasteiger partial charge in [-0.2, -0.15) is 0 Å². The van der Waals surface area contributed by atoms with E-state index < -0.39 is 0 Å². The van der Waals surface area contributed by atoms with Crippen molar-refractivity contribution in [1.29, 1.82) is 0 Å². The summed E-state index contributed by atoms with van der Waals surface area (Å²) in [6, 6.07) is 2.94. The van der Waals surface area contributed by atoms with Gasteiger partial charge in [0.2, 0.25) is 0 Å². The second-order valence-corrected chi connectivity index (χ2v) is 6.28. The molecule has 0 amide bonds. The molecular weight excluding hydrogens is 214 g/mol. The van der Waals surface area contributed by atoms with Gasteiger partial charge in [0.25, 0.3) is 0 Å². The van der Waals surface area contributed by atoms with Crippen LogP contribution < -0.4 is 5.32 Å². The summed E-state index contributed by atoms with van der Waals surface area (Å²) in [5, 5.41) is 5.95. The summed E-state index contributed by atoms with van der Waals surface area (Å²) in [5.74, 6) is 1.71. The molecule has 16 heavy (non-hydrogen) atoms. The molecule has 1 saturated carbocycles. The van der Waals surface area contributed by atoms with Gasteiger partial charge in [-0.05, 0) is 42.2 Å². The van der Waals surface area contributed by atoms with Crippen molar-refractivity contribution < 1.29 is 0 Å². The van der Waals surface area contributed by atoms with Crippen molar-refractivity contribution in [2.45, 2.75) is 52.6 Å². The molecule has 1 N–H and O–H groups in total. The third-order valence-corrected chi connectivity index (χ3v) is 5.22. The molecule has 0 unspecified atom stereocenters. The van der Waals surface area contributed by atoms with Gasteiger partial charge in [-0.25, -0.2) is 0 Å². The van der Waals surface area contributed by atoms with Gasteiger partial charge in [0.15, 0.2) is 0 Å². The fraction of sp³-hybridized carbons (Fsp3) is 0.714. The van der Waals surface area contributed by atoms with Crippen molar-refractivity contribution in [2.75, 3.05) is 0 Å². The fourth-order valence-electron chi connectivity index (χ4n) is 2.68. The second kappa shape index (κ2) is 5.33. The van der Waals surface area contributed by atoms with Crippen LogP contribution in [0.25, 0.3) is 0 Å². The molecule has 1 fully saturated rings. The number of hydrogen-bond donors (Lipinski definition) is 1. The lowest BCUT2D eigenvalue weighted by Crippen LogP contribution is -2.40. The Labute approximate surface area is 103 Å². The summed E-state index contributed by atoms with van der Waals surface area (Å²) < 4.78 is 0. The van der Waals surface area contributed by atoms with Gasteiger partial charge in [0.1, 0.15) is 0 Å². The van der Waals surface area contributed by atoms with Crippen LogP contribution in [0.1, 0.15) is 43.6 Å². The average Bonchev–Trinajstić information content (AvgIpc) is 2.67. The SMILES string of the molecule is Cc1ccsc1CN[C@H]1CCC[C@H](C)[C@H]1C. The summed E-state index contributed by atoms with van der Waals surface area (Å²) in [7, 11) is 0. The highest BCUT2D eigenvalue weighted by molar-refractivity contribution is 7.10. The molecule has 1 nitrogen and oxygen atoms in total. The molecule has 1 heterocycles. The second-order valence-electron chi connectivity index (χ2n) is 5.28. The van der Waals surface area contributed by atoms with Crippen molar-refractivity contribution in [1.82, 2.24) is 5.32 Å². The van der Waals surface area contributed by atoms with Gasteiger partial charge in [0.05, 0.1) is 0 Å². The Morgan fingerprint density at radius 2 is 2.19 bits per heavy atom. The number of hydrogen-bond acceptors (Lipinski definition) is 2. The lowest BCUT2D eigenvalue weighted by molar-refractivity contribution is 0.206. The van der Waals surface area contributed by atoms with Gasteiger partial charge in [0, 0.05) is 17.5 Å². The number of rotatable bonds is 3.